The number of hydrogen-bond donors (Lipinski definition) is 1. The summed E-state index contributed by atoms with van der Waals surface area (Å²) in [6, 6.07) is 3.78. The summed E-state index contributed by atoms with van der Waals surface area (Å²) in [6.45, 7) is 1.94. The fraction of sp³-hybridized carbons (Fsp3) is 0.500. The maximum absolute atomic E-state index is 13.3. The molecule has 1 fully saturated rings. The van der Waals surface area contributed by atoms with Gasteiger partial charge in [0.15, 0.2) is 0 Å². The predicted molar refractivity (Wildman–Crippen MR) is 53.4 cm³/mol. The maximum atomic E-state index is 13.3. The van der Waals surface area contributed by atoms with Crippen LogP contribution in [0.2, 0.25) is 0 Å². The van der Waals surface area contributed by atoms with Gasteiger partial charge in [-0.2, -0.15) is 0 Å². The molecule has 3 heteroatoms. The molecule has 1 aliphatic carbocycles. The van der Waals surface area contributed by atoms with E-state index in [9.17, 15) is 13.9 Å². The van der Waals surface area contributed by atoms with Crippen LogP contribution in [0.3, 0.4) is 0 Å². The van der Waals surface area contributed by atoms with E-state index < -0.39 is 17.7 Å². The number of rotatable bonds is 3. The fourth-order valence-corrected chi connectivity index (χ4v) is 1.70. The minimum atomic E-state index is -0.649. The fourth-order valence-electron chi connectivity index (χ4n) is 1.70. The quantitative estimate of drug-likeness (QED) is 0.816. The summed E-state index contributed by atoms with van der Waals surface area (Å²) < 4.78 is 26.5. The van der Waals surface area contributed by atoms with E-state index in [0.29, 0.717) is 0 Å². The van der Waals surface area contributed by atoms with Crippen molar-refractivity contribution in [2.75, 3.05) is 0 Å². The van der Waals surface area contributed by atoms with Crippen molar-refractivity contribution in [1.29, 1.82) is 0 Å². The average Bonchev–Trinajstić information content (AvgIpc) is 2.91. The van der Waals surface area contributed by atoms with Crippen LogP contribution < -0.4 is 0 Å². The molecular weight excluding hydrogens is 198 g/mol. The molecule has 0 heterocycles. The van der Waals surface area contributed by atoms with E-state index in [1.807, 2.05) is 6.92 Å². The summed E-state index contributed by atoms with van der Waals surface area (Å²) in [5, 5.41) is 9.82. The third-order valence-electron chi connectivity index (χ3n) is 3.30. The van der Waals surface area contributed by atoms with Gasteiger partial charge in [-0.3, -0.25) is 0 Å². The Morgan fingerprint density at radius 1 is 1.33 bits per heavy atom. The first-order valence-corrected chi connectivity index (χ1v) is 5.14. The van der Waals surface area contributed by atoms with Crippen molar-refractivity contribution in [3.05, 3.63) is 35.4 Å². The molecule has 1 saturated carbocycles. The van der Waals surface area contributed by atoms with Gasteiger partial charge in [0.25, 0.3) is 0 Å². The van der Waals surface area contributed by atoms with E-state index in [4.69, 9.17) is 0 Å². The molecule has 1 aromatic rings. The Hall–Kier alpha value is -0.960. The lowest BCUT2D eigenvalue weighted by molar-refractivity contribution is 0.101. The van der Waals surface area contributed by atoms with E-state index in [0.717, 1.165) is 12.8 Å². The van der Waals surface area contributed by atoms with E-state index in [1.54, 1.807) is 0 Å². The van der Waals surface area contributed by atoms with E-state index in [-0.39, 0.29) is 17.4 Å². The second-order valence-electron chi connectivity index (χ2n) is 4.57. The maximum Gasteiger partial charge on any atom is 0.129 e. The third kappa shape index (κ3) is 2.02. The monoisotopic (exact) mass is 212 g/mol. The van der Waals surface area contributed by atoms with Crippen molar-refractivity contribution in [3.63, 3.8) is 0 Å². The summed E-state index contributed by atoms with van der Waals surface area (Å²) in [5.41, 5.74) is -0.132. The molecule has 82 valence electrons. The van der Waals surface area contributed by atoms with Gasteiger partial charge in [0.2, 0.25) is 0 Å². The van der Waals surface area contributed by atoms with Gasteiger partial charge in [-0.05, 0) is 30.4 Å². The van der Waals surface area contributed by atoms with Gasteiger partial charge >= 0.3 is 0 Å². The molecule has 0 saturated heterocycles. The van der Waals surface area contributed by atoms with Crippen LogP contribution in [0.15, 0.2) is 18.2 Å². The van der Waals surface area contributed by atoms with Crippen LogP contribution in [0.1, 0.15) is 25.3 Å². The Morgan fingerprint density at radius 3 is 2.33 bits per heavy atom. The standard InChI is InChI=1S/C12H14F2O/c1-12(5-6-12)11(15)7-8-9(13)3-2-4-10(8)14/h2-4,11,15H,5-7H2,1H3. The number of hydrogen-bond acceptors (Lipinski definition) is 1. The van der Waals surface area contributed by atoms with Gasteiger partial charge in [-0.15, -0.1) is 0 Å². The van der Waals surface area contributed by atoms with Crippen molar-refractivity contribution in [3.8, 4) is 0 Å². The van der Waals surface area contributed by atoms with Gasteiger partial charge in [-0.1, -0.05) is 13.0 Å². The van der Waals surface area contributed by atoms with E-state index >= 15 is 0 Å². The summed E-state index contributed by atoms with van der Waals surface area (Å²) in [7, 11) is 0. The third-order valence-corrected chi connectivity index (χ3v) is 3.30. The lowest BCUT2D eigenvalue weighted by atomic mass is 9.95. The molecule has 2 rings (SSSR count). The van der Waals surface area contributed by atoms with Crippen molar-refractivity contribution in [2.24, 2.45) is 5.41 Å². The highest BCUT2D eigenvalue weighted by Crippen LogP contribution is 2.49. The van der Waals surface area contributed by atoms with Crippen LogP contribution >= 0.6 is 0 Å². The molecule has 1 aliphatic rings. The molecule has 1 atom stereocenters. The minimum Gasteiger partial charge on any atom is -0.392 e. The van der Waals surface area contributed by atoms with Gasteiger partial charge in [-0.25, -0.2) is 8.78 Å². The molecule has 0 aromatic heterocycles. The Balaban J connectivity index is 2.16. The Labute approximate surface area is 87.7 Å². The van der Waals surface area contributed by atoms with Gasteiger partial charge in [0, 0.05) is 12.0 Å². The first-order valence-electron chi connectivity index (χ1n) is 5.14. The smallest absolute Gasteiger partial charge is 0.129 e. The summed E-state index contributed by atoms with van der Waals surface area (Å²) in [4.78, 5) is 0. The van der Waals surface area contributed by atoms with Crippen LogP contribution in [-0.2, 0) is 6.42 Å². The van der Waals surface area contributed by atoms with E-state index in [2.05, 4.69) is 0 Å². The largest absolute Gasteiger partial charge is 0.392 e. The number of halogens is 2. The lowest BCUT2D eigenvalue weighted by Crippen LogP contribution is -2.22. The highest BCUT2D eigenvalue weighted by molar-refractivity contribution is 5.21. The van der Waals surface area contributed by atoms with Crippen LogP contribution in [0.4, 0.5) is 8.78 Å². The second-order valence-corrected chi connectivity index (χ2v) is 4.57. The number of benzene rings is 1. The normalized spacial score (nSPS) is 20.0. The lowest BCUT2D eigenvalue weighted by Gasteiger charge is -2.17. The zero-order valence-corrected chi connectivity index (χ0v) is 8.63. The first-order chi connectivity index (χ1) is 7.03. The Kier molecular flexibility index (Phi) is 2.51. The first kappa shape index (κ1) is 10.6. The summed E-state index contributed by atoms with van der Waals surface area (Å²) >= 11 is 0. The SMILES string of the molecule is CC1(C(O)Cc2c(F)cccc2F)CC1. The average molecular weight is 212 g/mol. The molecule has 0 spiro atoms. The molecule has 0 aliphatic heterocycles. The molecule has 1 aromatic carbocycles. The summed E-state index contributed by atoms with van der Waals surface area (Å²) in [5.74, 6) is -1.14. The molecule has 1 N–H and O–H groups in total. The predicted octanol–water partition coefficient (Wildman–Crippen LogP) is 2.67. The van der Waals surface area contributed by atoms with Crippen molar-refractivity contribution in [2.45, 2.75) is 32.3 Å². The highest BCUT2D eigenvalue weighted by Gasteiger charge is 2.44. The molecule has 0 amide bonds. The Morgan fingerprint density at radius 2 is 1.87 bits per heavy atom. The molecule has 0 bridgehead atoms. The molecule has 15 heavy (non-hydrogen) atoms. The molecule has 1 unspecified atom stereocenters. The van der Waals surface area contributed by atoms with Crippen molar-refractivity contribution in [1.82, 2.24) is 0 Å². The molecular formula is C12H14F2O. The van der Waals surface area contributed by atoms with Crippen LogP contribution in [0.25, 0.3) is 0 Å². The zero-order chi connectivity index (χ0) is 11.1. The highest BCUT2D eigenvalue weighted by atomic mass is 19.1. The number of aliphatic hydroxyl groups excluding tert-OH is 1. The van der Waals surface area contributed by atoms with Crippen LogP contribution in [-0.4, -0.2) is 11.2 Å². The van der Waals surface area contributed by atoms with Crippen LogP contribution in [0, 0.1) is 17.0 Å². The van der Waals surface area contributed by atoms with Gasteiger partial charge in [0.1, 0.15) is 11.6 Å². The van der Waals surface area contributed by atoms with Gasteiger partial charge in [0.05, 0.1) is 6.10 Å². The van der Waals surface area contributed by atoms with E-state index in [1.165, 1.54) is 18.2 Å². The zero-order valence-electron chi connectivity index (χ0n) is 8.63. The van der Waals surface area contributed by atoms with Crippen molar-refractivity contribution >= 4 is 0 Å². The number of aliphatic hydroxyl groups is 1. The summed E-state index contributed by atoms with van der Waals surface area (Å²) in [6.07, 6.45) is 1.28. The van der Waals surface area contributed by atoms with Crippen molar-refractivity contribution < 1.29 is 13.9 Å². The van der Waals surface area contributed by atoms with Crippen LogP contribution in [0.5, 0.6) is 0 Å². The van der Waals surface area contributed by atoms with Gasteiger partial charge < -0.3 is 5.11 Å². The molecule has 0 radical (unpaired) electrons. The topological polar surface area (TPSA) is 20.2 Å². The minimum absolute atomic E-state index is 0.00174. The Bertz CT molecular complexity index is 352. The molecule has 1 nitrogen and oxygen atoms in total. The second kappa shape index (κ2) is 3.56.